The van der Waals surface area contributed by atoms with Gasteiger partial charge in [-0.2, -0.15) is 5.26 Å². The summed E-state index contributed by atoms with van der Waals surface area (Å²) in [6.07, 6.45) is 8.79. The fraction of sp³-hybridized carbons (Fsp3) is 0.267. The van der Waals surface area contributed by atoms with Crippen LogP contribution < -0.4 is 0 Å². The Morgan fingerprint density at radius 2 is 2.06 bits per heavy atom. The van der Waals surface area contributed by atoms with Crippen LogP contribution in [0.4, 0.5) is 0 Å². The number of nitriles is 1. The van der Waals surface area contributed by atoms with Crippen molar-refractivity contribution in [2.24, 2.45) is 0 Å². The van der Waals surface area contributed by atoms with Crippen molar-refractivity contribution in [3.8, 4) is 6.07 Å². The van der Waals surface area contributed by atoms with Crippen LogP contribution in [0.2, 0.25) is 0 Å². The first-order valence-electron chi connectivity index (χ1n) is 5.51. The molecule has 1 aromatic carbocycles. The summed E-state index contributed by atoms with van der Waals surface area (Å²) in [5, 5.41) is 9.45. The Hall–Kier alpha value is -1.81. The first-order chi connectivity index (χ1) is 7.68. The van der Waals surface area contributed by atoms with Gasteiger partial charge in [-0.1, -0.05) is 48.1 Å². The molecule has 1 nitrogen and oxygen atoms in total. The van der Waals surface area contributed by atoms with Gasteiger partial charge in [0.1, 0.15) is 5.41 Å². The van der Waals surface area contributed by atoms with Crippen molar-refractivity contribution in [1.29, 1.82) is 5.26 Å². The van der Waals surface area contributed by atoms with Crippen LogP contribution in [-0.2, 0) is 5.41 Å². The van der Waals surface area contributed by atoms with Crippen molar-refractivity contribution in [3.05, 3.63) is 59.2 Å². The van der Waals surface area contributed by atoms with Gasteiger partial charge in [-0.3, -0.25) is 0 Å². The van der Waals surface area contributed by atoms with E-state index in [1.165, 1.54) is 11.1 Å². The standard InChI is InChI=1S/C15H15N/c1-12-6-7-14(13(2)10-12)15(11-16)8-4-3-5-9-15/h3-8,10H,9H2,1-2H3. The highest BCUT2D eigenvalue weighted by Gasteiger charge is 2.30. The molecule has 0 aromatic heterocycles. The minimum atomic E-state index is -0.466. The van der Waals surface area contributed by atoms with Crippen molar-refractivity contribution in [3.63, 3.8) is 0 Å². The molecular weight excluding hydrogens is 194 g/mol. The lowest BCUT2D eigenvalue weighted by molar-refractivity contribution is 0.685. The second-order valence-electron chi connectivity index (χ2n) is 4.39. The van der Waals surface area contributed by atoms with E-state index in [9.17, 15) is 5.26 Å². The summed E-state index contributed by atoms with van der Waals surface area (Å²) in [6.45, 7) is 4.15. The van der Waals surface area contributed by atoms with Gasteiger partial charge in [-0.15, -0.1) is 0 Å². The molecule has 1 heteroatoms. The van der Waals surface area contributed by atoms with Crippen LogP contribution in [0.3, 0.4) is 0 Å². The van der Waals surface area contributed by atoms with Gasteiger partial charge < -0.3 is 0 Å². The Bertz CT molecular complexity index is 503. The third-order valence-electron chi connectivity index (χ3n) is 3.13. The Labute approximate surface area is 96.7 Å². The van der Waals surface area contributed by atoms with Gasteiger partial charge in [-0.25, -0.2) is 0 Å². The molecule has 0 amide bonds. The van der Waals surface area contributed by atoms with Gasteiger partial charge in [0.15, 0.2) is 0 Å². The van der Waals surface area contributed by atoms with Crippen LogP contribution >= 0.6 is 0 Å². The van der Waals surface area contributed by atoms with Crippen LogP contribution in [0.1, 0.15) is 23.1 Å². The summed E-state index contributed by atoms with van der Waals surface area (Å²) in [5.41, 5.74) is 3.10. The molecule has 1 aromatic rings. The summed E-state index contributed by atoms with van der Waals surface area (Å²) >= 11 is 0. The normalized spacial score (nSPS) is 23.1. The molecule has 0 aliphatic heterocycles. The van der Waals surface area contributed by atoms with Crippen molar-refractivity contribution in [2.75, 3.05) is 0 Å². The molecular formula is C15H15N. The van der Waals surface area contributed by atoms with E-state index in [2.05, 4.69) is 44.2 Å². The minimum absolute atomic E-state index is 0.466. The molecule has 0 saturated heterocycles. The Balaban J connectivity index is 2.54. The fourth-order valence-corrected chi connectivity index (χ4v) is 2.28. The number of aryl methyl sites for hydroxylation is 2. The quantitative estimate of drug-likeness (QED) is 0.693. The molecule has 1 unspecified atom stereocenters. The van der Waals surface area contributed by atoms with Gasteiger partial charge in [0.2, 0.25) is 0 Å². The maximum Gasteiger partial charge on any atom is 0.104 e. The van der Waals surface area contributed by atoms with E-state index in [0.717, 1.165) is 12.0 Å². The summed E-state index contributed by atoms with van der Waals surface area (Å²) in [7, 11) is 0. The molecule has 0 heterocycles. The highest BCUT2D eigenvalue weighted by Crippen LogP contribution is 2.34. The van der Waals surface area contributed by atoms with Crippen LogP contribution in [0.25, 0.3) is 0 Å². The molecule has 0 radical (unpaired) electrons. The highest BCUT2D eigenvalue weighted by atomic mass is 14.4. The maximum atomic E-state index is 9.45. The molecule has 0 spiro atoms. The van der Waals surface area contributed by atoms with Crippen LogP contribution in [-0.4, -0.2) is 0 Å². The zero-order chi connectivity index (χ0) is 11.6. The largest absolute Gasteiger partial charge is 0.197 e. The van der Waals surface area contributed by atoms with Crippen LogP contribution in [0.15, 0.2) is 42.5 Å². The van der Waals surface area contributed by atoms with E-state index in [1.807, 2.05) is 18.2 Å². The van der Waals surface area contributed by atoms with Gasteiger partial charge in [0.25, 0.3) is 0 Å². The third-order valence-corrected chi connectivity index (χ3v) is 3.13. The average Bonchev–Trinajstić information content (AvgIpc) is 2.30. The van der Waals surface area contributed by atoms with E-state index < -0.39 is 5.41 Å². The van der Waals surface area contributed by atoms with E-state index in [4.69, 9.17) is 0 Å². The predicted octanol–water partition coefficient (Wildman–Crippen LogP) is 3.58. The van der Waals surface area contributed by atoms with Crippen LogP contribution in [0.5, 0.6) is 0 Å². The fourth-order valence-electron chi connectivity index (χ4n) is 2.28. The lowest BCUT2D eigenvalue weighted by Crippen LogP contribution is -2.23. The number of hydrogen-bond donors (Lipinski definition) is 0. The molecule has 2 rings (SSSR count). The smallest absolute Gasteiger partial charge is 0.104 e. The Kier molecular flexibility index (Phi) is 2.66. The second kappa shape index (κ2) is 3.98. The first kappa shape index (κ1) is 10.7. The van der Waals surface area contributed by atoms with Gasteiger partial charge in [-0.05, 0) is 31.4 Å². The van der Waals surface area contributed by atoms with E-state index >= 15 is 0 Å². The zero-order valence-electron chi connectivity index (χ0n) is 9.70. The molecule has 0 fully saturated rings. The molecule has 1 atom stereocenters. The summed E-state index contributed by atoms with van der Waals surface area (Å²) in [5.74, 6) is 0. The number of allylic oxidation sites excluding steroid dienone is 4. The van der Waals surface area contributed by atoms with Gasteiger partial charge in [0, 0.05) is 0 Å². The number of benzene rings is 1. The van der Waals surface area contributed by atoms with Crippen molar-refractivity contribution in [1.82, 2.24) is 0 Å². The third kappa shape index (κ3) is 1.67. The Morgan fingerprint density at radius 3 is 2.62 bits per heavy atom. The highest BCUT2D eigenvalue weighted by molar-refractivity contribution is 5.47. The summed E-state index contributed by atoms with van der Waals surface area (Å²) < 4.78 is 0. The van der Waals surface area contributed by atoms with Crippen molar-refractivity contribution in [2.45, 2.75) is 25.7 Å². The summed E-state index contributed by atoms with van der Waals surface area (Å²) in [6, 6.07) is 8.75. The molecule has 1 aliphatic carbocycles. The predicted molar refractivity (Wildman–Crippen MR) is 66.1 cm³/mol. The topological polar surface area (TPSA) is 23.8 Å². The minimum Gasteiger partial charge on any atom is -0.197 e. The molecule has 0 saturated carbocycles. The summed E-state index contributed by atoms with van der Waals surface area (Å²) in [4.78, 5) is 0. The SMILES string of the molecule is Cc1ccc(C2(C#N)C=CC=CC2)c(C)c1. The number of hydrogen-bond acceptors (Lipinski definition) is 1. The number of rotatable bonds is 1. The second-order valence-corrected chi connectivity index (χ2v) is 4.39. The lowest BCUT2D eigenvalue weighted by atomic mass is 9.75. The monoisotopic (exact) mass is 209 g/mol. The van der Waals surface area contributed by atoms with Crippen molar-refractivity contribution >= 4 is 0 Å². The van der Waals surface area contributed by atoms with E-state index in [0.29, 0.717) is 0 Å². The molecule has 1 aliphatic rings. The van der Waals surface area contributed by atoms with E-state index in [1.54, 1.807) is 0 Å². The zero-order valence-corrected chi connectivity index (χ0v) is 9.70. The average molecular weight is 209 g/mol. The molecule has 0 bridgehead atoms. The molecule has 0 N–H and O–H groups in total. The molecule has 80 valence electrons. The first-order valence-corrected chi connectivity index (χ1v) is 5.51. The van der Waals surface area contributed by atoms with E-state index in [-0.39, 0.29) is 0 Å². The van der Waals surface area contributed by atoms with Crippen LogP contribution in [0, 0.1) is 25.2 Å². The number of nitrogens with zero attached hydrogens (tertiary/aromatic N) is 1. The van der Waals surface area contributed by atoms with Crippen molar-refractivity contribution < 1.29 is 0 Å². The maximum absolute atomic E-state index is 9.45. The Morgan fingerprint density at radius 1 is 1.25 bits per heavy atom. The molecule has 16 heavy (non-hydrogen) atoms. The lowest BCUT2D eigenvalue weighted by Gasteiger charge is -2.25. The van der Waals surface area contributed by atoms with Gasteiger partial charge in [0.05, 0.1) is 6.07 Å². The van der Waals surface area contributed by atoms with Gasteiger partial charge >= 0.3 is 0 Å².